The second kappa shape index (κ2) is 3.50. The molecule has 0 saturated heterocycles. The summed E-state index contributed by atoms with van der Waals surface area (Å²) >= 11 is 0. The Kier molecular flexibility index (Phi) is 2.72. The molecule has 0 aliphatic rings. The molecule has 4 nitrogen and oxygen atoms in total. The van der Waals surface area contributed by atoms with E-state index < -0.39 is 27.8 Å². The average molecular weight is 224 g/mol. The van der Waals surface area contributed by atoms with E-state index >= 15 is 0 Å². The molecule has 1 aromatic carbocycles. The first-order valence-electron chi connectivity index (χ1n) is 3.43. The maximum atomic E-state index is 13.1. The summed E-state index contributed by atoms with van der Waals surface area (Å²) in [7, 11) is -4.79. The van der Waals surface area contributed by atoms with Crippen LogP contribution in [0.4, 0.5) is 8.78 Å². The zero-order chi connectivity index (χ0) is 10.9. The second-order valence-corrected chi connectivity index (χ2v) is 3.52. The largest absolute Gasteiger partial charge is 0.446 e. The zero-order valence-electron chi connectivity index (χ0n) is 6.99. The zero-order valence-corrected chi connectivity index (χ0v) is 7.81. The van der Waals surface area contributed by atoms with Crippen molar-refractivity contribution in [3.05, 3.63) is 29.3 Å². The molecule has 0 aliphatic carbocycles. The molecule has 0 saturated carbocycles. The van der Waals surface area contributed by atoms with Gasteiger partial charge in [0.25, 0.3) is 0 Å². The summed E-state index contributed by atoms with van der Waals surface area (Å²) in [5.41, 5.74) is -0.383. The lowest BCUT2D eigenvalue weighted by atomic mass is 10.2. The average Bonchev–Trinajstić information content (AvgIpc) is 2.04. The summed E-state index contributed by atoms with van der Waals surface area (Å²) in [6.07, 6.45) is 0. The molecule has 0 bridgehead atoms. The normalized spacial score (nSPS) is 11.4. The minimum atomic E-state index is -4.79. The van der Waals surface area contributed by atoms with Crippen LogP contribution in [0.5, 0.6) is 5.75 Å². The summed E-state index contributed by atoms with van der Waals surface area (Å²) < 4.78 is 58.3. The molecule has 1 aromatic rings. The van der Waals surface area contributed by atoms with Crippen molar-refractivity contribution in [3.63, 3.8) is 0 Å². The highest BCUT2D eigenvalue weighted by Crippen LogP contribution is 2.23. The fourth-order valence-electron chi connectivity index (χ4n) is 0.814. The molecule has 0 atom stereocenters. The topological polar surface area (TPSA) is 63.6 Å². The maximum Gasteiger partial charge on any atom is 0.446 e. The number of halogens is 2. The van der Waals surface area contributed by atoms with E-state index in [1.165, 1.54) is 0 Å². The molecule has 0 unspecified atom stereocenters. The van der Waals surface area contributed by atoms with Crippen LogP contribution in [0.3, 0.4) is 0 Å². The number of hydrogen-bond donors (Lipinski definition) is 1. The van der Waals surface area contributed by atoms with E-state index in [1.54, 1.807) is 0 Å². The standard InChI is InChI=1S/C7H6F2O4S/c1-4-5(8)2-3-6(7(4)9)13-14(10,11)12/h2-3H,1H3,(H,10,11,12). The van der Waals surface area contributed by atoms with Crippen LogP contribution in [-0.4, -0.2) is 13.0 Å². The monoisotopic (exact) mass is 224 g/mol. The van der Waals surface area contributed by atoms with Crippen molar-refractivity contribution in [2.45, 2.75) is 6.92 Å². The lowest BCUT2D eigenvalue weighted by Crippen LogP contribution is -2.08. The van der Waals surface area contributed by atoms with Crippen molar-refractivity contribution in [2.75, 3.05) is 0 Å². The third-order valence-corrected chi connectivity index (χ3v) is 1.87. The van der Waals surface area contributed by atoms with Gasteiger partial charge in [-0.05, 0) is 19.1 Å². The van der Waals surface area contributed by atoms with Crippen molar-refractivity contribution in [1.29, 1.82) is 0 Å². The van der Waals surface area contributed by atoms with Crippen LogP contribution in [-0.2, 0) is 10.4 Å². The van der Waals surface area contributed by atoms with Crippen molar-refractivity contribution in [3.8, 4) is 5.75 Å². The highest BCUT2D eigenvalue weighted by atomic mass is 32.3. The lowest BCUT2D eigenvalue weighted by molar-refractivity contribution is 0.375. The number of rotatable bonds is 2. The van der Waals surface area contributed by atoms with Crippen molar-refractivity contribution in [1.82, 2.24) is 0 Å². The third kappa shape index (κ3) is 2.39. The quantitative estimate of drug-likeness (QED) is 0.772. The molecule has 78 valence electrons. The Labute approximate surface area is 79.1 Å². The van der Waals surface area contributed by atoms with Gasteiger partial charge in [0.15, 0.2) is 11.6 Å². The van der Waals surface area contributed by atoms with Crippen LogP contribution in [0.15, 0.2) is 12.1 Å². The molecule has 7 heteroatoms. The van der Waals surface area contributed by atoms with Gasteiger partial charge in [0.1, 0.15) is 5.82 Å². The van der Waals surface area contributed by atoms with E-state index in [1.807, 2.05) is 0 Å². The molecule has 0 radical (unpaired) electrons. The third-order valence-electron chi connectivity index (χ3n) is 1.48. The predicted octanol–water partition coefficient (Wildman–Crippen LogP) is 1.45. The van der Waals surface area contributed by atoms with Crippen molar-refractivity contribution in [2.24, 2.45) is 0 Å². The summed E-state index contributed by atoms with van der Waals surface area (Å²) in [5, 5.41) is 0. The summed E-state index contributed by atoms with van der Waals surface area (Å²) in [5.74, 6) is -2.74. The van der Waals surface area contributed by atoms with E-state index in [0.717, 1.165) is 19.1 Å². The lowest BCUT2D eigenvalue weighted by Gasteiger charge is -2.05. The fraction of sp³-hybridized carbons (Fsp3) is 0.143. The molecule has 0 heterocycles. The van der Waals surface area contributed by atoms with Crippen LogP contribution in [0.1, 0.15) is 5.56 Å². The molecule has 1 rings (SSSR count). The van der Waals surface area contributed by atoms with Crippen LogP contribution in [0.25, 0.3) is 0 Å². The number of benzene rings is 1. The Hall–Kier alpha value is -1.21. The van der Waals surface area contributed by atoms with Crippen LogP contribution in [0, 0.1) is 18.6 Å². The van der Waals surface area contributed by atoms with E-state index in [4.69, 9.17) is 4.55 Å². The van der Waals surface area contributed by atoms with Crippen molar-refractivity contribution >= 4 is 10.4 Å². The molecule has 0 aliphatic heterocycles. The van der Waals surface area contributed by atoms with Crippen LogP contribution in [0.2, 0.25) is 0 Å². The highest BCUT2D eigenvalue weighted by Gasteiger charge is 2.15. The molecule has 0 amide bonds. The molecule has 0 fully saturated rings. The summed E-state index contributed by atoms with van der Waals surface area (Å²) in [6, 6.07) is 1.60. The Balaban J connectivity index is 3.19. The van der Waals surface area contributed by atoms with Gasteiger partial charge in [-0.2, -0.15) is 8.42 Å². The first kappa shape index (κ1) is 10.9. The van der Waals surface area contributed by atoms with E-state index in [-0.39, 0.29) is 5.56 Å². The molecule has 0 spiro atoms. The minimum absolute atomic E-state index is 0.383. The van der Waals surface area contributed by atoms with Gasteiger partial charge in [0.2, 0.25) is 0 Å². The van der Waals surface area contributed by atoms with Gasteiger partial charge in [-0.25, -0.2) is 8.78 Å². The Morgan fingerprint density at radius 2 is 1.93 bits per heavy atom. The Bertz CT molecular complexity index is 455. The van der Waals surface area contributed by atoms with E-state index in [0.29, 0.717) is 0 Å². The summed E-state index contributed by atoms with van der Waals surface area (Å²) in [6.45, 7) is 1.11. The summed E-state index contributed by atoms with van der Waals surface area (Å²) in [4.78, 5) is 0. The van der Waals surface area contributed by atoms with E-state index in [9.17, 15) is 17.2 Å². The molecule has 0 aromatic heterocycles. The molecular weight excluding hydrogens is 218 g/mol. The van der Waals surface area contributed by atoms with Gasteiger partial charge < -0.3 is 4.18 Å². The number of hydrogen-bond acceptors (Lipinski definition) is 3. The Morgan fingerprint density at radius 1 is 1.36 bits per heavy atom. The molecule has 14 heavy (non-hydrogen) atoms. The predicted molar refractivity (Wildman–Crippen MR) is 43.3 cm³/mol. The van der Waals surface area contributed by atoms with Crippen LogP contribution < -0.4 is 4.18 Å². The van der Waals surface area contributed by atoms with Gasteiger partial charge in [-0.15, -0.1) is 0 Å². The van der Waals surface area contributed by atoms with E-state index in [2.05, 4.69) is 4.18 Å². The van der Waals surface area contributed by atoms with Gasteiger partial charge >= 0.3 is 10.4 Å². The van der Waals surface area contributed by atoms with Gasteiger partial charge in [0, 0.05) is 5.56 Å². The maximum absolute atomic E-state index is 13.1. The van der Waals surface area contributed by atoms with Gasteiger partial charge in [-0.3, -0.25) is 4.55 Å². The second-order valence-electron chi connectivity index (χ2n) is 2.50. The Morgan fingerprint density at radius 3 is 2.43 bits per heavy atom. The van der Waals surface area contributed by atoms with Crippen LogP contribution >= 0.6 is 0 Å². The minimum Gasteiger partial charge on any atom is -0.359 e. The highest BCUT2D eigenvalue weighted by molar-refractivity contribution is 7.81. The first-order chi connectivity index (χ1) is 6.31. The SMILES string of the molecule is Cc1c(F)ccc(OS(=O)(=O)O)c1F. The van der Waals surface area contributed by atoms with Crippen molar-refractivity contribution < 1.29 is 25.9 Å². The van der Waals surface area contributed by atoms with Gasteiger partial charge in [-0.1, -0.05) is 0 Å². The fourth-order valence-corrected chi connectivity index (χ4v) is 1.17. The van der Waals surface area contributed by atoms with Gasteiger partial charge in [0.05, 0.1) is 0 Å². The molecule has 1 N–H and O–H groups in total. The first-order valence-corrected chi connectivity index (χ1v) is 4.79. The molecular formula is C7H6F2O4S. The smallest absolute Gasteiger partial charge is 0.359 e.